The van der Waals surface area contributed by atoms with Gasteiger partial charge in [-0.3, -0.25) is 14.5 Å². The minimum atomic E-state index is -1.27. The van der Waals surface area contributed by atoms with Crippen molar-refractivity contribution < 1.29 is 14.7 Å². The topological polar surface area (TPSA) is 109 Å². The summed E-state index contributed by atoms with van der Waals surface area (Å²) in [6.07, 6.45) is 1.57. The van der Waals surface area contributed by atoms with Crippen molar-refractivity contribution >= 4 is 35.2 Å². The molecule has 9 heteroatoms. The van der Waals surface area contributed by atoms with Crippen LogP contribution in [0, 0.1) is 0 Å². The summed E-state index contributed by atoms with van der Waals surface area (Å²) in [5, 5.41) is 23.0. The van der Waals surface area contributed by atoms with Crippen molar-refractivity contribution in [1.82, 2.24) is 19.9 Å². The Hall–Kier alpha value is -3.13. The normalized spacial score (nSPS) is 13.2. The van der Waals surface area contributed by atoms with Gasteiger partial charge in [0.2, 0.25) is 5.95 Å². The van der Waals surface area contributed by atoms with E-state index in [-0.39, 0.29) is 12.5 Å². The number of nitrogens with zero attached hydrogens (tertiary/aromatic N) is 3. The number of carbonyl (C=O) groups excluding carboxylic acids is 1. The molecule has 0 saturated carbocycles. The van der Waals surface area contributed by atoms with Crippen molar-refractivity contribution in [2.45, 2.75) is 12.3 Å². The quantitative estimate of drug-likeness (QED) is 0.636. The number of rotatable bonds is 5. The highest BCUT2D eigenvalue weighted by molar-refractivity contribution is 6.30. The summed E-state index contributed by atoms with van der Waals surface area (Å²) in [6.45, 7) is 1.45. The summed E-state index contributed by atoms with van der Waals surface area (Å²) < 4.78 is 1.52. The van der Waals surface area contributed by atoms with Crippen LogP contribution >= 0.6 is 11.6 Å². The smallest absolute Gasteiger partial charge is 0.321 e. The van der Waals surface area contributed by atoms with E-state index < -0.39 is 17.4 Å². The summed E-state index contributed by atoms with van der Waals surface area (Å²) >= 11 is 5.94. The number of urea groups is 1. The predicted molar refractivity (Wildman–Crippen MR) is 96.4 cm³/mol. The van der Waals surface area contributed by atoms with E-state index in [0.717, 1.165) is 0 Å². The molecule has 0 radical (unpaired) electrons. The average molecular weight is 374 g/mol. The van der Waals surface area contributed by atoms with Crippen LogP contribution in [0.2, 0.25) is 5.02 Å². The lowest BCUT2D eigenvalue weighted by atomic mass is 9.82. The van der Waals surface area contributed by atoms with Crippen LogP contribution in [0.15, 0.2) is 48.7 Å². The van der Waals surface area contributed by atoms with Crippen LogP contribution in [0.1, 0.15) is 12.5 Å². The second kappa shape index (κ2) is 7.01. The number of nitrogens with one attached hydrogen (secondary N) is 2. The lowest BCUT2D eigenvalue weighted by Gasteiger charge is -2.25. The van der Waals surface area contributed by atoms with Crippen LogP contribution in [0.25, 0.3) is 5.65 Å². The van der Waals surface area contributed by atoms with E-state index in [1.807, 2.05) is 0 Å². The zero-order valence-corrected chi connectivity index (χ0v) is 14.6. The van der Waals surface area contributed by atoms with E-state index in [0.29, 0.717) is 16.2 Å². The molecule has 0 saturated heterocycles. The van der Waals surface area contributed by atoms with Crippen LogP contribution in [0.3, 0.4) is 0 Å². The molecule has 8 nitrogen and oxygen atoms in total. The van der Waals surface area contributed by atoms with Crippen molar-refractivity contribution in [3.8, 4) is 0 Å². The number of carboxylic acid groups (broad SMARTS) is 1. The van der Waals surface area contributed by atoms with Crippen LogP contribution < -0.4 is 10.6 Å². The van der Waals surface area contributed by atoms with Gasteiger partial charge < -0.3 is 10.4 Å². The highest BCUT2D eigenvalue weighted by atomic mass is 35.5. The van der Waals surface area contributed by atoms with Gasteiger partial charge in [-0.1, -0.05) is 41.9 Å². The number of aliphatic carboxylic acids is 1. The van der Waals surface area contributed by atoms with E-state index in [9.17, 15) is 14.7 Å². The van der Waals surface area contributed by atoms with Crippen molar-refractivity contribution in [2.75, 3.05) is 11.9 Å². The Labute approximate surface area is 153 Å². The van der Waals surface area contributed by atoms with E-state index in [1.165, 1.54) is 4.40 Å². The van der Waals surface area contributed by atoms with Gasteiger partial charge in [0, 0.05) is 12.7 Å². The maximum Gasteiger partial charge on any atom is 0.321 e. The van der Waals surface area contributed by atoms with Crippen LogP contribution in [0.5, 0.6) is 0 Å². The Bertz CT molecular complexity index is 959. The average Bonchev–Trinajstić information content (AvgIpc) is 3.02. The first kappa shape index (κ1) is 17.7. The number of hydrogen-bond donors (Lipinski definition) is 3. The Balaban J connectivity index is 1.73. The second-order valence-corrected chi connectivity index (χ2v) is 6.35. The van der Waals surface area contributed by atoms with Gasteiger partial charge in [-0.25, -0.2) is 4.79 Å². The van der Waals surface area contributed by atoms with Gasteiger partial charge in [0.15, 0.2) is 5.65 Å². The van der Waals surface area contributed by atoms with Crippen molar-refractivity contribution in [3.05, 3.63) is 59.2 Å². The van der Waals surface area contributed by atoms with Gasteiger partial charge in [-0.2, -0.15) is 0 Å². The lowest BCUT2D eigenvalue weighted by Crippen LogP contribution is -2.45. The maximum absolute atomic E-state index is 12.2. The third-order valence-electron chi connectivity index (χ3n) is 4.08. The van der Waals surface area contributed by atoms with Gasteiger partial charge in [-0.05, 0) is 24.6 Å². The van der Waals surface area contributed by atoms with Crippen molar-refractivity contribution in [2.24, 2.45) is 0 Å². The molecule has 0 spiro atoms. The van der Waals surface area contributed by atoms with Gasteiger partial charge in [0.25, 0.3) is 0 Å². The third kappa shape index (κ3) is 3.45. The standard InChI is InChI=1S/C17H16ClN5O3/c1-17(14(24)25,11-5-3-2-4-6-11)10-19-16(26)20-15-22-21-13-8-7-12(18)9-23(13)15/h2-9H,10H2,1H3,(H,24,25)(H2,19,20,22,26). The van der Waals surface area contributed by atoms with Gasteiger partial charge >= 0.3 is 12.0 Å². The number of anilines is 1. The fourth-order valence-corrected chi connectivity index (χ4v) is 2.62. The molecule has 134 valence electrons. The molecule has 1 unspecified atom stereocenters. The summed E-state index contributed by atoms with van der Waals surface area (Å²) in [5.41, 5.74) is -0.161. The first-order valence-corrected chi connectivity index (χ1v) is 8.12. The monoisotopic (exact) mass is 373 g/mol. The first-order chi connectivity index (χ1) is 12.4. The lowest BCUT2D eigenvalue weighted by molar-refractivity contribution is -0.142. The third-order valence-corrected chi connectivity index (χ3v) is 4.30. The molecular formula is C17H16ClN5O3. The molecule has 1 aromatic carbocycles. The number of hydrogen-bond acceptors (Lipinski definition) is 4. The predicted octanol–water partition coefficient (Wildman–Crippen LogP) is 2.55. The Morgan fingerprint density at radius 3 is 2.62 bits per heavy atom. The summed E-state index contributed by atoms with van der Waals surface area (Å²) in [5.74, 6) is -0.861. The van der Waals surface area contributed by atoms with E-state index >= 15 is 0 Å². The Morgan fingerprint density at radius 1 is 1.19 bits per heavy atom. The minimum Gasteiger partial charge on any atom is -0.481 e. The fourth-order valence-electron chi connectivity index (χ4n) is 2.46. The maximum atomic E-state index is 12.2. The number of benzene rings is 1. The number of aromatic nitrogens is 3. The number of amides is 2. The molecule has 2 heterocycles. The summed E-state index contributed by atoms with van der Waals surface area (Å²) in [7, 11) is 0. The molecule has 0 fully saturated rings. The molecular weight excluding hydrogens is 358 g/mol. The first-order valence-electron chi connectivity index (χ1n) is 7.74. The SMILES string of the molecule is CC(CNC(=O)Nc1nnc2ccc(Cl)cn12)(C(=O)O)c1ccccc1. The highest BCUT2D eigenvalue weighted by Crippen LogP contribution is 2.23. The number of halogens is 1. The molecule has 0 aliphatic rings. The van der Waals surface area contributed by atoms with Gasteiger partial charge in [0.1, 0.15) is 5.41 Å². The number of pyridine rings is 1. The van der Waals surface area contributed by atoms with Crippen LogP contribution in [0.4, 0.5) is 10.7 Å². The molecule has 3 N–H and O–H groups in total. The summed E-state index contributed by atoms with van der Waals surface area (Å²) in [4.78, 5) is 24.0. The van der Waals surface area contributed by atoms with E-state index in [4.69, 9.17) is 11.6 Å². The largest absolute Gasteiger partial charge is 0.481 e. The molecule has 2 aromatic heterocycles. The van der Waals surface area contributed by atoms with Crippen LogP contribution in [-0.4, -0.2) is 38.2 Å². The van der Waals surface area contributed by atoms with E-state index in [1.54, 1.807) is 55.6 Å². The van der Waals surface area contributed by atoms with Crippen LogP contribution in [-0.2, 0) is 10.2 Å². The minimum absolute atomic E-state index is 0.102. The molecule has 0 bridgehead atoms. The van der Waals surface area contributed by atoms with Crippen molar-refractivity contribution in [3.63, 3.8) is 0 Å². The second-order valence-electron chi connectivity index (χ2n) is 5.91. The molecule has 3 aromatic rings. The molecule has 0 aliphatic carbocycles. The molecule has 0 aliphatic heterocycles. The van der Waals surface area contributed by atoms with E-state index in [2.05, 4.69) is 20.8 Å². The molecule has 1 atom stereocenters. The molecule has 3 rings (SSSR count). The van der Waals surface area contributed by atoms with Gasteiger partial charge in [0.05, 0.1) is 5.02 Å². The zero-order chi connectivity index (χ0) is 18.7. The number of carboxylic acids is 1. The molecule has 26 heavy (non-hydrogen) atoms. The Kier molecular flexibility index (Phi) is 4.77. The number of carbonyl (C=O) groups is 2. The van der Waals surface area contributed by atoms with Crippen molar-refractivity contribution in [1.29, 1.82) is 0 Å². The highest BCUT2D eigenvalue weighted by Gasteiger charge is 2.35. The molecule has 2 amide bonds. The van der Waals surface area contributed by atoms with Gasteiger partial charge in [-0.15, -0.1) is 10.2 Å². The number of fused-ring (bicyclic) bond motifs is 1. The summed E-state index contributed by atoms with van der Waals surface area (Å²) in [6, 6.07) is 11.5. The Morgan fingerprint density at radius 2 is 1.92 bits per heavy atom. The zero-order valence-electron chi connectivity index (χ0n) is 13.8. The fraction of sp³-hybridized carbons (Fsp3) is 0.176.